The van der Waals surface area contributed by atoms with E-state index < -0.39 is 15.8 Å². The smallest absolute Gasteiger partial charge is 0.253 e. The van der Waals surface area contributed by atoms with Crippen molar-refractivity contribution in [3.63, 3.8) is 0 Å². The van der Waals surface area contributed by atoms with Crippen LogP contribution in [0, 0.1) is 5.82 Å². The standard InChI is InChI=1S/C21H26FN3O3S/c1-3-23-12-14-24(15-13-23)21(26)18-10-8-17(9-11-18)16-25(29(2,27)28)20-7-5-4-6-19(20)22/h4-11H,3,12-16H2,1-2H3. The van der Waals surface area contributed by atoms with Gasteiger partial charge in [-0.3, -0.25) is 9.10 Å². The molecule has 0 aromatic heterocycles. The van der Waals surface area contributed by atoms with Crippen molar-refractivity contribution in [3.8, 4) is 0 Å². The highest BCUT2D eigenvalue weighted by Crippen LogP contribution is 2.24. The molecular formula is C21H26FN3O3S. The maximum atomic E-state index is 14.1. The number of para-hydroxylation sites is 1. The first-order valence-corrected chi connectivity index (χ1v) is 11.5. The zero-order valence-electron chi connectivity index (χ0n) is 16.7. The summed E-state index contributed by atoms with van der Waals surface area (Å²) in [4.78, 5) is 16.8. The maximum absolute atomic E-state index is 14.1. The third-order valence-electron chi connectivity index (χ3n) is 5.16. The molecular weight excluding hydrogens is 393 g/mol. The number of hydrogen-bond acceptors (Lipinski definition) is 4. The Kier molecular flexibility index (Phi) is 6.54. The predicted molar refractivity (Wildman–Crippen MR) is 112 cm³/mol. The molecule has 0 spiro atoms. The number of nitrogens with zero attached hydrogens (tertiary/aromatic N) is 3. The first-order chi connectivity index (χ1) is 13.8. The van der Waals surface area contributed by atoms with Crippen LogP contribution in [0.3, 0.4) is 0 Å². The number of hydrogen-bond donors (Lipinski definition) is 0. The van der Waals surface area contributed by atoms with Crippen LogP contribution in [-0.2, 0) is 16.6 Å². The van der Waals surface area contributed by atoms with Crippen molar-refractivity contribution < 1.29 is 17.6 Å². The first-order valence-electron chi connectivity index (χ1n) is 9.62. The Morgan fingerprint density at radius 3 is 2.21 bits per heavy atom. The van der Waals surface area contributed by atoms with Gasteiger partial charge in [-0.1, -0.05) is 31.2 Å². The van der Waals surface area contributed by atoms with Gasteiger partial charge in [0.2, 0.25) is 10.0 Å². The second-order valence-electron chi connectivity index (χ2n) is 7.14. The van der Waals surface area contributed by atoms with E-state index in [9.17, 15) is 17.6 Å². The summed E-state index contributed by atoms with van der Waals surface area (Å²) in [7, 11) is -3.68. The van der Waals surface area contributed by atoms with Crippen molar-refractivity contribution in [2.24, 2.45) is 0 Å². The van der Waals surface area contributed by atoms with Gasteiger partial charge in [0.25, 0.3) is 5.91 Å². The van der Waals surface area contributed by atoms with Gasteiger partial charge in [-0.25, -0.2) is 12.8 Å². The van der Waals surface area contributed by atoms with Gasteiger partial charge in [0.05, 0.1) is 18.5 Å². The number of carbonyl (C=O) groups excluding carboxylic acids is 1. The lowest BCUT2D eigenvalue weighted by Gasteiger charge is -2.34. The van der Waals surface area contributed by atoms with Gasteiger partial charge in [0.15, 0.2) is 0 Å². The van der Waals surface area contributed by atoms with Crippen LogP contribution in [0.15, 0.2) is 48.5 Å². The zero-order valence-corrected chi connectivity index (χ0v) is 17.5. The number of carbonyl (C=O) groups is 1. The molecule has 1 aliphatic rings. The average Bonchev–Trinajstić information content (AvgIpc) is 2.72. The van der Waals surface area contributed by atoms with Gasteiger partial charge < -0.3 is 9.80 Å². The van der Waals surface area contributed by atoms with E-state index in [0.29, 0.717) is 24.2 Å². The SMILES string of the molecule is CCN1CCN(C(=O)c2ccc(CN(c3ccccc3F)S(C)(=O)=O)cc2)CC1. The first kappa shape index (κ1) is 21.3. The average molecular weight is 420 g/mol. The quantitative estimate of drug-likeness (QED) is 0.722. The minimum Gasteiger partial charge on any atom is -0.336 e. The highest BCUT2D eigenvalue weighted by Gasteiger charge is 2.23. The minimum atomic E-state index is -3.68. The molecule has 0 unspecified atom stereocenters. The molecule has 1 heterocycles. The largest absolute Gasteiger partial charge is 0.336 e. The predicted octanol–water partition coefficient (Wildman–Crippen LogP) is 2.57. The second kappa shape index (κ2) is 8.92. The molecule has 0 saturated carbocycles. The maximum Gasteiger partial charge on any atom is 0.253 e. The molecule has 1 amide bonds. The second-order valence-corrected chi connectivity index (χ2v) is 9.05. The summed E-state index contributed by atoms with van der Waals surface area (Å²) < 4.78 is 39.6. The molecule has 29 heavy (non-hydrogen) atoms. The molecule has 2 aromatic rings. The van der Waals surface area contributed by atoms with Gasteiger partial charge in [-0.05, 0) is 36.4 Å². The van der Waals surface area contributed by atoms with Crippen LogP contribution >= 0.6 is 0 Å². The molecule has 1 fully saturated rings. The molecule has 0 radical (unpaired) electrons. The molecule has 0 bridgehead atoms. The van der Waals surface area contributed by atoms with Crippen molar-refractivity contribution in [2.45, 2.75) is 13.5 Å². The number of likely N-dealkylation sites (N-methyl/N-ethyl adjacent to an activating group) is 1. The van der Waals surface area contributed by atoms with E-state index in [2.05, 4.69) is 11.8 Å². The number of piperazine rings is 1. The van der Waals surface area contributed by atoms with Crippen LogP contribution < -0.4 is 4.31 Å². The summed E-state index contributed by atoms with van der Waals surface area (Å²) >= 11 is 0. The van der Waals surface area contributed by atoms with Crippen LogP contribution in [0.1, 0.15) is 22.8 Å². The minimum absolute atomic E-state index is 0.00366. The van der Waals surface area contributed by atoms with Gasteiger partial charge >= 0.3 is 0 Å². The molecule has 3 rings (SSSR count). The third-order valence-corrected chi connectivity index (χ3v) is 6.28. The van der Waals surface area contributed by atoms with Crippen molar-refractivity contribution in [1.82, 2.24) is 9.80 Å². The normalized spacial score (nSPS) is 15.3. The summed E-state index contributed by atoms with van der Waals surface area (Å²) in [6.45, 7) is 6.21. The van der Waals surface area contributed by atoms with E-state index in [1.54, 1.807) is 30.3 Å². The van der Waals surface area contributed by atoms with Crippen LogP contribution in [0.5, 0.6) is 0 Å². The molecule has 1 aliphatic heterocycles. The van der Waals surface area contributed by atoms with E-state index >= 15 is 0 Å². The highest BCUT2D eigenvalue weighted by atomic mass is 32.2. The van der Waals surface area contributed by atoms with Crippen LogP contribution in [0.25, 0.3) is 0 Å². The Hall–Kier alpha value is -2.45. The molecule has 2 aromatic carbocycles. The van der Waals surface area contributed by atoms with Crippen molar-refractivity contribution in [3.05, 3.63) is 65.5 Å². The topological polar surface area (TPSA) is 60.9 Å². The van der Waals surface area contributed by atoms with E-state index in [0.717, 1.165) is 30.2 Å². The Labute approximate surface area is 171 Å². The van der Waals surface area contributed by atoms with E-state index in [1.807, 2.05) is 4.90 Å². The lowest BCUT2D eigenvalue weighted by molar-refractivity contribution is 0.0643. The molecule has 156 valence electrons. The molecule has 0 N–H and O–H groups in total. The summed E-state index contributed by atoms with van der Waals surface area (Å²) in [6.07, 6.45) is 1.05. The summed E-state index contributed by atoms with van der Waals surface area (Å²) in [5.41, 5.74) is 1.24. The van der Waals surface area contributed by atoms with Crippen LogP contribution in [0.4, 0.5) is 10.1 Å². The highest BCUT2D eigenvalue weighted by molar-refractivity contribution is 7.92. The number of halogens is 1. The molecule has 1 saturated heterocycles. The summed E-state index contributed by atoms with van der Waals surface area (Å²) in [5.74, 6) is -0.627. The molecule has 0 aliphatic carbocycles. The fourth-order valence-electron chi connectivity index (χ4n) is 3.40. The Bertz CT molecular complexity index is 955. The number of sulfonamides is 1. The van der Waals surface area contributed by atoms with E-state index in [-0.39, 0.29) is 18.1 Å². The van der Waals surface area contributed by atoms with Crippen molar-refractivity contribution in [1.29, 1.82) is 0 Å². The van der Waals surface area contributed by atoms with Gasteiger partial charge in [0.1, 0.15) is 5.82 Å². The van der Waals surface area contributed by atoms with E-state index in [1.165, 1.54) is 18.2 Å². The lowest BCUT2D eigenvalue weighted by Crippen LogP contribution is -2.48. The Balaban J connectivity index is 1.74. The fourth-order valence-corrected chi connectivity index (χ4v) is 4.29. The summed E-state index contributed by atoms with van der Waals surface area (Å²) in [6, 6.07) is 12.6. The monoisotopic (exact) mass is 419 g/mol. The van der Waals surface area contributed by atoms with Gasteiger partial charge in [-0.15, -0.1) is 0 Å². The third kappa shape index (κ3) is 5.13. The number of amides is 1. The zero-order chi connectivity index (χ0) is 21.0. The molecule has 0 atom stereocenters. The van der Waals surface area contributed by atoms with Crippen LogP contribution in [-0.4, -0.2) is 63.1 Å². The number of anilines is 1. The van der Waals surface area contributed by atoms with Crippen molar-refractivity contribution >= 4 is 21.6 Å². The van der Waals surface area contributed by atoms with Crippen LogP contribution in [0.2, 0.25) is 0 Å². The molecule has 8 heteroatoms. The number of benzene rings is 2. The number of rotatable bonds is 6. The van der Waals surface area contributed by atoms with Gasteiger partial charge in [0, 0.05) is 31.7 Å². The Morgan fingerprint density at radius 1 is 1.03 bits per heavy atom. The van der Waals surface area contributed by atoms with Crippen molar-refractivity contribution in [2.75, 3.05) is 43.3 Å². The fraction of sp³-hybridized carbons (Fsp3) is 0.381. The summed E-state index contributed by atoms with van der Waals surface area (Å²) in [5, 5.41) is 0. The molecule has 6 nitrogen and oxygen atoms in total. The lowest BCUT2D eigenvalue weighted by atomic mass is 10.1. The van der Waals surface area contributed by atoms with E-state index in [4.69, 9.17) is 0 Å². The Morgan fingerprint density at radius 2 is 1.66 bits per heavy atom. The van der Waals surface area contributed by atoms with Gasteiger partial charge in [-0.2, -0.15) is 0 Å².